The van der Waals surface area contributed by atoms with Gasteiger partial charge in [0.2, 0.25) is 0 Å². The molecule has 3 heterocycles. The van der Waals surface area contributed by atoms with Gasteiger partial charge >= 0.3 is 0 Å². The van der Waals surface area contributed by atoms with E-state index in [1.807, 2.05) is 6.07 Å². The third kappa shape index (κ3) is 4.90. The molecule has 1 atom stereocenters. The van der Waals surface area contributed by atoms with Gasteiger partial charge in [-0.2, -0.15) is 0 Å². The van der Waals surface area contributed by atoms with Crippen LogP contribution in [0.3, 0.4) is 0 Å². The van der Waals surface area contributed by atoms with Crippen molar-refractivity contribution in [2.45, 2.75) is 18.8 Å². The molecule has 0 N–H and O–H groups in total. The van der Waals surface area contributed by atoms with Gasteiger partial charge in [-0.25, -0.2) is 0 Å². The average Bonchev–Trinajstić information content (AvgIpc) is 3.95. The second kappa shape index (κ2) is 12.9. The van der Waals surface area contributed by atoms with Gasteiger partial charge in [0.25, 0.3) is 0 Å². The van der Waals surface area contributed by atoms with Crippen molar-refractivity contribution in [2.75, 3.05) is 0 Å². The third-order valence-electron chi connectivity index (χ3n) is 13.1. The molecule has 3 aromatic heterocycles. The minimum absolute atomic E-state index is 0.121. The topological polar surface area (TPSA) is 31.2 Å². The fraction of sp³-hybridized carbons (Fsp3) is 0.0526. The van der Waals surface area contributed by atoms with Gasteiger partial charge in [0, 0.05) is 43.9 Å². The highest BCUT2D eigenvalue weighted by Gasteiger charge is 2.31. The Balaban J connectivity index is 1.13. The highest BCUT2D eigenvalue weighted by molar-refractivity contribution is 6.19. The largest absolute Gasteiger partial charge is 0.456 e. The molecule has 0 fully saturated rings. The van der Waals surface area contributed by atoms with E-state index in [1.165, 1.54) is 77.1 Å². The molecule has 13 rings (SSSR count). The quantitative estimate of drug-likeness (QED) is 0.179. The van der Waals surface area contributed by atoms with Crippen molar-refractivity contribution in [3.8, 4) is 39.1 Å². The second-order valence-corrected chi connectivity index (χ2v) is 16.3. The van der Waals surface area contributed by atoms with Crippen LogP contribution < -0.4 is 0 Å². The molecular formula is C57H37NO2. The number of hydrogen-bond acceptors (Lipinski definition) is 2. The van der Waals surface area contributed by atoms with Crippen LogP contribution >= 0.6 is 0 Å². The van der Waals surface area contributed by atoms with Crippen LogP contribution in [0.1, 0.15) is 29.0 Å². The van der Waals surface area contributed by atoms with Crippen LogP contribution in [-0.2, 0) is 6.42 Å². The summed E-state index contributed by atoms with van der Waals surface area (Å²) < 4.78 is 15.5. The third-order valence-corrected chi connectivity index (χ3v) is 13.1. The molecule has 1 aliphatic carbocycles. The van der Waals surface area contributed by atoms with Crippen LogP contribution in [0.2, 0.25) is 0 Å². The maximum absolute atomic E-state index is 6.51. The lowest BCUT2D eigenvalue weighted by Gasteiger charge is -2.22. The Morgan fingerprint density at radius 1 is 0.400 bits per heavy atom. The predicted molar refractivity (Wildman–Crippen MR) is 248 cm³/mol. The molecule has 60 heavy (non-hydrogen) atoms. The summed E-state index contributed by atoms with van der Waals surface area (Å²) in [7, 11) is 0. The lowest BCUT2D eigenvalue weighted by atomic mass is 9.81. The van der Waals surface area contributed by atoms with Gasteiger partial charge in [0.15, 0.2) is 0 Å². The smallest absolute Gasteiger partial charge is 0.136 e. The molecule has 282 valence electrons. The van der Waals surface area contributed by atoms with Crippen LogP contribution in [0.25, 0.3) is 105 Å². The molecule has 1 unspecified atom stereocenters. The van der Waals surface area contributed by atoms with Crippen molar-refractivity contribution < 1.29 is 8.83 Å². The molecule has 0 saturated heterocycles. The van der Waals surface area contributed by atoms with Gasteiger partial charge in [-0.05, 0) is 118 Å². The van der Waals surface area contributed by atoms with E-state index in [0.29, 0.717) is 0 Å². The molecule has 0 radical (unpaired) electrons. The Morgan fingerprint density at radius 2 is 1.10 bits per heavy atom. The first-order chi connectivity index (χ1) is 29.8. The van der Waals surface area contributed by atoms with E-state index in [2.05, 4.69) is 193 Å². The van der Waals surface area contributed by atoms with Gasteiger partial charge < -0.3 is 13.4 Å². The summed E-state index contributed by atoms with van der Waals surface area (Å²) in [5.41, 5.74) is 18.6. The maximum Gasteiger partial charge on any atom is 0.136 e. The van der Waals surface area contributed by atoms with E-state index in [0.717, 1.165) is 57.2 Å². The Labute approximate surface area is 346 Å². The number of hydrogen-bond donors (Lipinski definition) is 0. The molecule has 3 nitrogen and oxygen atoms in total. The van der Waals surface area contributed by atoms with Crippen molar-refractivity contribution >= 4 is 65.7 Å². The van der Waals surface area contributed by atoms with Gasteiger partial charge in [-0.1, -0.05) is 140 Å². The van der Waals surface area contributed by atoms with E-state index in [-0.39, 0.29) is 5.92 Å². The number of aromatic nitrogens is 1. The fourth-order valence-corrected chi connectivity index (χ4v) is 10.5. The highest BCUT2D eigenvalue weighted by atomic mass is 16.3. The molecule has 0 spiro atoms. The van der Waals surface area contributed by atoms with Crippen LogP contribution in [0.5, 0.6) is 0 Å². The number of rotatable bonds is 4. The standard InChI is InChI=1S/C57H37NO2/c1-2-13-35(14-3-1)37-16-10-17-39(33-37)58-48-23-7-4-19-46(48)56-49(58)32-31-45-41(44-22-12-26-52-55(44)47-20-6-9-25-51(47)59-52)29-27-36-15-11-21-40(54(36)57(45)56)38-28-30-43-42-18-5-8-24-50(42)60-53(43)34-38/h1-26,28,30-34,41H,27,29H2. The SMILES string of the molecule is c1ccc(-c2cccc(-n3c4ccccc4c4c5c(ccc43)C(c3cccc4oc6ccccc6c34)CCc3cccc(-c4ccc6c(c4)oc4ccccc46)c3-5)c2)cc1. The highest BCUT2D eigenvalue weighted by Crippen LogP contribution is 2.52. The fourth-order valence-electron chi connectivity index (χ4n) is 10.5. The van der Waals surface area contributed by atoms with E-state index in [1.54, 1.807) is 0 Å². The minimum atomic E-state index is 0.121. The molecule has 0 bridgehead atoms. The van der Waals surface area contributed by atoms with E-state index in [9.17, 15) is 0 Å². The Kier molecular flexibility index (Phi) is 7.20. The van der Waals surface area contributed by atoms with Crippen LogP contribution in [-0.4, -0.2) is 4.57 Å². The first-order valence-corrected chi connectivity index (χ1v) is 20.9. The van der Waals surface area contributed by atoms with E-state index in [4.69, 9.17) is 8.83 Å². The summed E-state index contributed by atoms with van der Waals surface area (Å²) in [5.74, 6) is 0.121. The first kappa shape index (κ1) is 33.4. The lowest BCUT2D eigenvalue weighted by molar-refractivity contribution is 0.667. The predicted octanol–water partition coefficient (Wildman–Crippen LogP) is 15.7. The zero-order chi connectivity index (χ0) is 39.3. The van der Waals surface area contributed by atoms with Crippen molar-refractivity contribution in [3.63, 3.8) is 0 Å². The number of para-hydroxylation sites is 3. The van der Waals surface area contributed by atoms with E-state index < -0.39 is 0 Å². The maximum atomic E-state index is 6.51. The average molecular weight is 768 g/mol. The monoisotopic (exact) mass is 767 g/mol. The summed E-state index contributed by atoms with van der Waals surface area (Å²) in [6.45, 7) is 0. The van der Waals surface area contributed by atoms with Crippen molar-refractivity contribution in [1.82, 2.24) is 4.57 Å². The van der Waals surface area contributed by atoms with Crippen molar-refractivity contribution in [1.29, 1.82) is 0 Å². The number of aryl methyl sites for hydroxylation is 1. The number of nitrogens with zero attached hydrogens (tertiary/aromatic N) is 1. The molecular weight excluding hydrogens is 731 g/mol. The molecule has 3 heteroatoms. The zero-order valence-electron chi connectivity index (χ0n) is 32.7. The molecule has 0 amide bonds. The van der Waals surface area contributed by atoms with Gasteiger partial charge in [0.05, 0.1) is 11.0 Å². The van der Waals surface area contributed by atoms with Crippen LogP contribution in [0, 0.1) is 0 Å². The normalized spacial score (nSPS) is 14.0. The first-order valence-electron chi connectivity index (χ1n) is 20.9. The number of benzene rings is 9. The summed E-state index contributed by atoms with van der Waals surface area (Å²) in [6.07, 6.45) is 1.90. The zero-order valence-corrected chi connectivity index (χ0v) is 32.7. The molecule has 0 aliphatic heterocycles. The van der Waals surface area contributed by atoms with Crippen molar-refractivity contribution in [3.05, 3.63) is 211 Å². The Hall–Kier alpha value is -7.62. The molecule has 1 aliphatic rings. The van der Waals surface area contributed by atoms with Gasteiger partial charge in [-0.15, -0.1) is 0 Å². The molecule has 9 aromatic carbocycles. The number of fused-ring (bicyclic) bond motifs is 13. The van der Waals surface area contributed by atoms with Crippen molar-refractivity contribution in [2.24, 2.45) is 0 Å². The molecule has 0 saturated carbocycles. The van der Waals surface area contributed by atoms with Gasteiger partial charge in [-0.3, -0.25) is 0 Å². The lowest BCUT2D eigenvalue weighted by Crippen LogP contribution is -2.03. The summed E-state index contributed by atoms with van der Waals surface area (Å²) in [6, 6.07) is 70.7. The summed E-state index contributed by atoms with van der Waals surface area (Å²) in [4.78, 5) is 0. The van der Waals surface area contributed by atoms with Gasteiger partial charge in [0.1, 0.15) is 22.3 Å². The minimum Gasteiger partial charge on any atom is -0.456 e. The van der Waals surface area contributed by atoms with Crippen LogP contribution in [0.4, 0.5) is 0 Å². The number of furan rings is 2. The van der Waals surface area contributed by atoms with Crippen LogP contribution in [0.15, 0.2) is 203 Å². The summed E-state index contributed by atoms with van der Waals surface area (Å²) >= 11 is 0. The molecule has 12 aromatic rings. The summed E-state index contributed by atoms with van der Waals surface area (Å²) in [5, 5.41) is 7.19. The second-order valence-electron chi connectivity index (χ2n) is 16.3. The Morgan fingerprint density at radius 3 is 2.00 bits per heavy atom. The van der Waals surface area contributed by atoms with E-state index >= 15 is 0 Å². The Bertz CT molecular complexity index is 3670.